The third kappa shape index (κ3) is 24.2. The van der Waals surface area contributed by atoms with E-state index in [0.717, 1.165) is 102 Å². The first-order valence-corrected chi connectivity index (χ1v) is 36.5. The Balaban J connectivity index is 0.000000202. The van der Waals surface area contributed by atoms with Gasteiger partial charge in [0, 0.05) is 120 Å². The molecule has 1 aliphatic heterocycles. The Morgan fingerprint density at radius 3 is 1.06 bits per heavy atom. The topological polar surface area (TPSA) is 228 Å². The lowest BCUT2D eigenvalue weighted by Crippen LogP contribution is -2.47. The maximum absolute atomic E-state index is 14.9. The van der Waals surface area contributed by atoms with Crippen molar-refractivity contribution in [1.29, 1.82) is 0 Å². The maximum atomic E-state index is 14.9. The van der Waals surface area contributed by atoms with Crippen LogP contribution in [0, 0.1) is 75.7 Å². The van der Waals surface area contributed by atoms with Gasteiger partial charge in [-0.15, -0.1) is 0 Å². The molecule has 1 fully saturated rings. The van der Waals surface area contributed by atoms with E-state index in [1.807, 2.05) is 17.6 Å². The molecule has 122 heavy (non-hydrogen) atoms. The fourth-order valence-corrected chi connectivity index (χ4v) is 11.6. The summed E-state index contributed by atoms with van der Waals surface area (Å²) in [5, 5.41) is 12.8. The van der Waals surface area contributed by atoms with Crippen molar-refractivity contribution < 1.29 is 126 Å². The van der Waals surface area contributed by atoms with Crippen molar-refractivity contribution in [3.8, 4) is 0 Å². The lowest BCUT2D eigenvalue weighted by atomic mass is 9.94. The second-order valence-electron chi connectivity index (χ2n) is 26.7. The van der Waals surface area contributed by atoms with Crippen molar-refractivity contribution >= 4 is 75.7 Å². The number of benzene rings is 9. The van der Waals surface area contributed by atoms with Crippen LogP contribution in [-0.4, -0.2) is 88.2 Å². The largest absolute Gasteiger partial charge is 0.352 e. The van der Waals surface area contributed by atoms with Gasteiger partial charge in [-0.25, -0.2) is 52.7 Å². The number of piperidine rings is 1. The number of hydrogen-bond donors (Lipinski definition) is 6. The van der Waals surface area contributed by atoms with E-state index in [-0.39, 0.29) is 78.2 Å². The fraction of sp³-hybridized carbons (Fsp3) is 0.212. The molecule has 17 nitrogen and oxygen atoms in total. The van der Waals surface area contributed by atoms with Crippen LogP contribution in [0.15, 0.2) is 200 Å². The van der Waals surface area contributed by atoms with E-state index in [4.69, 9.17) is 0 Å². The first kappa shape index (κ1) is 94.0. The predicted molar refractivity (Wildman–Crippen MR) is 406 cm³/mol. The first-order chi connectivity index (χ1) is 57.6. The molecule has 1 aromatic heterocycles. The molecule has 0 radical (unpaired) electrons. The summed E-state index contributed by atoms with van der Waals surface area (Å²) >= 11 is 0. The van der Waals surface area contributed by atoms with Crippen LogP contribution in [-0.2, 0) is 49.4 Å². The maximum Gasteiger partial charge on any atom is 0.352 e. The highest BCUT2D eigenvalue weighted by Crippen LogP contribution is 2.39. The number of rotatable bonds is 24. The summed E-state index contributed by atoms with van der Waals surface area (Å²) in [6.07, 6.45) is 5.87. The molecule has 37 heteroatoms. The number of anilines is 5. The van der Waals surface area contributed by atoms with Crippen molar-refractivity contribution in [2.45, 2.75) is 83.1 Å². The molecule has 0 saturated carbocycles. The van der Waals surface area contributed by atoms with E-state index in [0.29, 0.717) is 91.6 Å². The number of aromatic nitrogens is 1. The molecule has 0 aliphatic carbocycles. The number of halogens is 20. The van der Waals surface area contributed by atoms with Crippen LogP contribution in [0.5, 0.6) is 0 Å². The number of hydrogen-bond acceptors (Lipinski definition) is 9. The SMILES string of the molecule is CCC1CCCN(C(=O)C(F)(F)c2cc(C(=O)Nc3ccc(F)c(F)c3)ccc2F)C1.CCCN(CCC)C(=O)C(F)(F)c1cc(C(=O)Nc2ccc(F)c(F)c2)ccc1F.O=C(Nc1ccc(F)c(F)c1)c1ccc(F)c(C(F)(F)C(=O)NCc2ccncc2)c1.O=C(Nc1ccc(F)c(F)c1)c1ccc(F)c(C(F)(F)C(=O)Nc2ccccc2)c1. The van der Waals surface area contributed by atoms with Crippen LogP contribution in [0.25, 0.3) is 0 Å². The standard InChI is InChI=1S/C22H21F5N2O2.C21H14F5N3O2.C21H13F5N2O2.C21H21F5N2O2/c1-2-13-4-3-9-29(12-13)21(31)22(26,27)16-10-14(5-7-17(16)23)20(30)28-15-6-8-18(24)19(25)11-15;22-16-3-1-13(19(30)29-14-2-4-17(23)18(24)10-14)9-15(16)21(25,26)20(31)28-11-12-5-7-27-8-6-12;22-16-8-6-12(19(29)27-14-7-9-17(23)18(24)11-14)10-15(16)21(25,26)20(30)28-13-4-2-1-3-5-13;1-3-9-28(10-4-2)20(30)21(25,26)15-11-13(5-7-16(15)22)19(29)27-14-6-8-17(23)18(24)12-14/h5-8,10-11,13H,2-4,9,12H2,1H3,(H,28,30);1-10H,11H2,(H,28,31)(H,29,30);1-11H,(H,27,29)(H,28,30);5-8,11-12H,3-4,9-10H2,1-2H3,(H,27,29). The van der Waals surface area contributed by atoms with E-state index in [9.17, 15) is 126 Å². The number of likely N-dealkylation sites (tertiary alicyclic amines) is 1. The first-order valence-electron chi connectivity index (χ1n) is 36.5. The monoisotopic (exact) mass is 1720 g/mol. The number of nitrogens with zero attached hydrogens (tertiary/aromatic N) is 3. The molecular weight excluding hydrogens is 1650 g/mol. The van der Waals surface area contributed by atoms with Gasteiger partial charge in [0.15, 0.2) is 46.5 Å². The quantitative estimate of drug-likeness (QED) is 0.0316. The molecule has 1 aliphatic rings. The second-order valence-corrected chi connectivity index (χ2v) is 26.7. The minimum atomic E-state index is -4.29. The molecule has 9 aromatic carbocycles. The van der Waals surface area contributed by atoms with Gasteiger partial charge in [0.2, 0.25) is 0 Å². The Morgan fingerprint density at radius 1 is 0.377 bits per heavy atom. The third-order valence-electron chi connectivity index (χ3n) is 18.0. The summed E-state index contributed by atoms with van der Waals surface area (Å²) in [5.74, 6) is -42.2. The van der Waals surface area contributed by atoms with Crippen LogP contribution in [0.2, 0.25) is 0 Å². The summed E-state index contributed by atoms with van der Waals surface area (Å²) < 4.78 is 280. The molecule has 642 valence electrons. The van der Waals surface area contributed by atoms with Gasteiger partial charge in [0.05, 0.1) is 22.3 Å². The molecule has 0 spiro atoms. The molecule has 0 bridgehead atoms. The van der Waals surface area contributed by atoms with Crippen molar-refractivity contribution in [2.75, 3.05) is 52.8 Å². The molecule has 1 saturated heterocycles. The third-order valence-corrected chi connectivity index (χ3v) is 18.0. The number of para-hydroxylation sites is 1. The van der Waals surface area contributed by atoms with Crippen LogP contribution >= 0.6 is 0 Å². The summed E-state index contributed by atoms with van der Waals surface area (Å²) in [6.45, 7) is 5.60. The zero-order chi connectivity index (χ0) is 89.7. The summed E-state index contributed by atoms with van der Waals surface area (Å²) in [6, 6.07) is 29.1. The highest BCUT2D eigenvalue weighted by molar-refractivity contribution is 6.07. The average Bonchev–Trinajstić information content (AvgIpc) is 0.797. The van der Waals surface area contributed by atoms with Crippen LogP contribution < -0.4 is 31.9 Å². The lowest BCUT2D eigenvalue weighted by Gasteiger charge is -2.34. The van der Waals surface area contributed by atoms with Crippen molar-refractivity contribution in [3.05, 3.63) is 320 Å². The van der Waals surface area contributed by atoms with Crippen LogP contribution in [0.4, 0.5) is 116 Å². The highest BCUT2D eigenvalue weighted by atomic mass is 19.3. The van der Waals surface area contributed by atoms with Gasteiger partial charge in [0.1, 0.15) is 23.3 Å². The average molecular weight is 1720 g/mol. The van der Waals surface area contributed by atoms with E-state index < -0.39 is 174 Å². The molecule has 6 N–H and O–H groups in total. The molecule has 1 atom stereocenters. The Morgan fingerprint density at radius 2 is 0.713 bits per heavy atom. The zero-order valence-corrected chi connectivity index (χ0v) is 63.9. The number of amides is 8. The van der Waals surface area contributed by atoms with Crippen LogP contribution in [0.1, 0.15) is 122 Å². The molecule has 10 aromatic rings. The Kier molecular flexibility index (Phi) is 31.9. The number of alkyl halides is 8. The van der Waals surface area contributed by atoms with E-state index in [1.165, 1.54) is 48.8 Å². The number of nitrogens with one attached hydrogen (secondary N) is 6. The molecule has 2 heterocycles. The van der Waals surface area contributed by atoms with Gasteiger partial charge < -0.3 is 41.7 Å². The van der Waals surface area contributed by atoms with E-state index in [2.05, 4.69) is 26.3 Å². The summed E-state index contributed by atoms with van der Waals surface area (Å²) in [4.78, 5) is 104. The Bertz CT molecular complexity index is 5480. The van der Waals surface area contributed by atoms with Gasteiger partial charge in [-0.05, 0) is 183 Å². The molecule has 1 unspecified atom stereocenters. The van der Waals surface area contributed by atoms with Crippen molar-refractivity contribution in [3.63, 3.8) is 0 Å². The minimum absolute atomic E-state index is 0.0785. The lowest BCUT2D eigenvalue weighted by molar-refractivity contribution is -0.161. The summed E-state index contributed by atoms with van der Waals surface area (Å²) in [5.41, 5.74) is -6.57. The van der Waals surface area contributed by atoms with E-state index >= 15 is 0 Å². The van der Waals surface area contributed by atoms with Crippen LogP contribution in [0.3, 0.4) is 0 Å². The Hall–Kier alpha value is -13.5. The molecular formula is C85H69F20N9O8. The van der Waals surface area contributed by atoms with Gasteiger partial charge in [-0.2, -0.15) is 35.1 Å². The van der Waals surface area contributed by atoms with Gasteiger partial charge >= 0.3 is 23.7 Å². The Labute approximate surface area is 681 Å². The van der Waals surface area contributed by atoms with Crippen molar-refractivity contribution in [1.82, 2.24) is 20.1 Å². The van der Waals surface area contributed by atoms with E-state index in [1.54, 1.807) is 19.9 Å². The van der Waals surface area contributed by atoms with Gasteiger partial charge in [0.25, 0.3) is 47.3 Å². The molecule has 11 rings (SSSR count). The smallest absolute Gasteiger partial charge is 0.346 e. The summed E-state index contributed by atoms with van der Waals surface area (Å²) in [7, 11) is 0. The highest BCUT2D eigenvalue weighted by Gasteiger charge is 2.49. The predicted octanol–water partition coefficient (Wildman–Crippen LogP) is 19.4. The second kappa shape index (κ2) is 41.4. The van der Waals surface area contributed by atoms with Gasteiger partial charge in [-0.3, -0.25) is 43.3 Å². The number of carbonyl (C=O) groups is 8. The van der Waals surface area contributed by atoms with Gasteiger partial charge in [-0.1, -0.05) is 45.4 Å². The molecule has 8 amide bonds. The minimum Gasteiger partial charge on any atom is -0.346 e. The zero-order valence-electron chi connectivity index (χ0n) is 63.9. The number of carbonyl (C=O) groups excluding carboxylic acids is 8. The normalized spacial score (nSPS) is 12.6. The van der Waals surface area contributed by atoms with Crippen molar-refractivity contribution in [2.24, 2.45) is 5.92 Å². The number of pyridine rings is 1. The fourth-order valence-electron chi connectivity index (χ4n) is 11.6.